The normalized spacial score (nSPS) is 26.2. The van der Waals surface area contributed by atoms with Crippen molar-refractivity contribution in [1.29, 1.82) is 0 Å². The van der Waals surface area contributed by atoms with E-state index in [0.717, 1.165) is 38.5 Å². The van der Waals surface area contributed by atoms with Gasteiger partial charge < -0.3 is 15.7 Å². The number of fused-ring (bicyclic) bond motifs is 1. The van der Waals surface area contributed by atoms with Crippen molar-refractivity contribution in [2.24, 2.45) is 0 Å². The van der Waals surface area contributed by atoms with Gasteiger partial charge in [0.1, 0.15) is 0 Å². The summed E-state index contributed by atoms with van der Waals surface area (Å²) in [5, 5.41) is 23.2. The quantitative estimate of drug-likeness (QED) is 0.431. The number of aromatic nitrogens is 4. The molecule has 0 spiro atoms. The number of hydrogen-bond donors (Lipinski definition) is 4. The van der Waals surface area contributed by atoms with Gasteiger partial charge in [0.2, 0.25) is 17.8 Å². The van der Waals surface area contributed by atoms with Gasteiger partial charge in [0.05, 0.1) is 18.7 Å². The Hall–Kier alpha value is -3.01. The van der Waals surface area contributed by atoms with E-state index in [4.69, 9.17) is 0 Å². The molecule has 152 valence electrons. The van der Waals surface area contributed by atoms with E-state index in [1.807, 2.05) is 0 Å². The van der Waals surface area contributed by atoms with Crippen LogP contribution in [0.3, 0.4) is 0 Å². The zero-order valence-corrected chi connectivity index (χ0v) is 15.9. The van der Waals surface area contributed by atoms with Crippen LogP contribution in [0.1, 0.15) is 50.5 Å². The molecule has 3 heterocycles. The van der Waals surface area contributed by atoms with Crippen LogP contribution in [-0.4, -0.2) is 54.7 Å². The summed E-state index contributed by atoms with van der Waals surface area (Å²) in [6.07, 6.45) is 8.56. The van der Waals surface area contributed by atoms with Crippen LogP contribution < -0.4 is 16.0 Å². The maximum atomic E-state index is 11.9. The predicted octanol–water partition coefficient (Wildman–Crippen LogP) is 0.844. The summed E-state index contributed by atoms with van der Waals surface area (Å²) in [5.41, 5.74) is 1.63. The first-order chi connectivity index (χ1) is 14.0. The standard InChI is InChI=1S/C19H23N7O3/c27-14-5-3-12(4-6-14)21-18-24-16-11(7-10-8-15(28)23-17(10)29)9-20-26(16)19(25-18)22-13-1-2-13/h7,9,12-14,27H,1-6,8H2,(H,23,28,29)(H2,21,22,24,25)/b10-7+/t12-,14-. The van der Waals surface area contributed by atoms with E-state index < -0.39 is 0 Å². The van der Waals surface area contributed by atoms with Gasteiger partial charge in [-0.15, -0.1) is 0 Å². The number of aliphatic hydroxyl groups is 1. The molecule has 2 aromatic heterocycles. The zero-order valence-electron chi connectivity index (χ0n) is 15.9. The van der Waals surface area contributed by atoms with Gasteiger partial charge in [0.25, 0.3) is 5.91 Å². The molecule has 0 unspecified atom stereocenters. The van der Waals surface area contributed by atoms with Gasteiger partial charge >= 0.3 is 0 Å². The van der Waals surface area contributed by atoms with E-state index in [1.165, 1.54) is 0 Å². The van der Waals surface area contributed by atoms with Crippen LogP contribution in [0.5, 0.6) is 0 Å². The van der Waals surface area contributed by atoms with Crippen LogP contribution in [0.25, 0.3) is 11.7 Å². The molecule has 2 aliphatic carbocycles. The molecule has 4 N–H and O–H groups in total. The highest BCUT2D eigenvalue weighted by Gasteiger charge is 2.27. The molecular formula is C19H23N7O3. The minimum Gasteiger partial charge on any atom is -0.393 e. The van der Waals surface area contributed by atoms with E-state index in [-0.39, 0.29) is 30.4 Å². The van der Waals surface area contributed by atoms with E-state index in [1.54, 1.807) is 16.8 Å². The Balaban J connectivity index is 1.49. The maximum Gasteiger partial charge on any atom is 0.254 e. The number of nitrogens with zero attached hydrogens (tertiary/aromatic N) is 4. The van der Waals surface area contributed by atoms with Gasteiger partial charge in [-0.3, -0.25) is 14.9 Å². The van der Waals surface area contributed by atoms with E-state index >= 15 is 0 Å². The molecule has 3 aliphatic rings. The lowest BCUT2D eigenvalue weighted by Gasteiger charge is -2.26. The summed E-state index contributed by atoms with van der Waals surface area (Å²) < 4.78 is 1.63. The molecule has 0 bridgehead atoms. The number of anilines is 2. The van der Waals surface area contributed by atoms with Crippen LogP contribution in [0.4, 0.5) is 11.9 Å². The third kappa shape index (κ3) is 3.80. The van der Waals surface area contributed by atoms with Crippen molar-refractivity contribution in [3.63, 3.8) is 0 Å². The first-order valence-corrected chi connectivity index (χ1v) is 10.1. The van der Waals surface area contributed by atoms with Crippen molar-refractivity contribution in [1.82, 2.24) is 24.9 Å². The summed E-state index contributed by atoms with van der Waals surface area (Å²) in [5.74, 6) is 0.422. The maximum absolute atomic E-state index is 11.9. The Labute approximate surface area is 166 Å². The molecule has 1 saturated heterocycles. The van der Waals surface area contributed by atoms with E-state index in [2.05, 4.69) is 31.0 Å². The second kappa shape index (κ2) is 7.11. The summed E-state index contributed by atoms with van der Waals surface area (Å²) in [6.45, 7) is 0. The van der Waals surface area contributed by atoms with Crippen molar-refractivity contribution in [3.05, 3.63) is 17.3 Å². The largest absolute Gasteiger partial charge is 0.393 e. The van der Waals surface area contributed by atoms with Gasteiger partial charge in [0, 0.05) is 23.2 Å². The molecule has 10 nitrogen and oxygen atoms in total. The van der Waals surface area contributed by atoms with E-state index in [0.29, 0.717) is 34.7 Å². The Morgan fingerprint density at radius 3 is 2.48 bits per heavy atom. The lowest BCUT2D eigenvalue weighted by molar-refractivity contribution is -0.124. The molecule has 10 heteroatoms. The first kappa shape index (κ1) is 18.0. The molecule has 1 aliphatic heterocycles. The number of amides is 2. The second-order valence-corrected chi connectivity index (χ2v) is 8.00. The van der Waals surface area contributed by atoms with Gasteiger partial charge in [-0.05, 0) is 44.6 Å². The molecule has 5 rings (SSSR count). The number of rotatable bonds is 5. The Kier molecular flexibility index (Phi) is 4.42. The zero-order chi connectivity index (χ0) is 20.0. The Morgan fingerprint density at radius 2 is 1.79 bits per heavy atom. The molecule has 2 amide bonds. The molecule has 29 heavy (non-hydrogen) atoms. The fraction of sp³-hybridized carbons (Fsp3) is 0.526. The molecule has 2 aromatic rings. The van der Waals surface area contributed by atoms with Crippen molar-refractivity contribution < 1.29 is 14.7 Å². The first-order valence-electron chi connectivity index (χ1n) is 10.1. The number of hydrogen-bond acceptors (Lipinski definition) is 8. The van der Waals surface area contributed by atoms with Crippen molar-refractivity contribution in [2.45, 2.75) is 63.1 Å². The molecule has 0 aromatic carbocycles. The Morgan fingerprint density at radius 1 is 1.07 bits per heavy atom. The topological polar surface area (TPSA) is 134 Å². The molecule has 0 atom stereocenters. The average Bonchev–Trinajstić information content (AvgIpc) is 3.33. The summed E-state index contributed by atoms with van der Waals surface area (Å²) >= 11 is 0. The Bertz CT molecular complexity index is 1000. The fourth-order valence-electron chi connectivity index (χ4n) is 3.78. The van der Waals surface area contributed by atoms with Crippen LogP contribution >= 0.6 is 0 Å². The lowest BCUT2D eigenvalue weighted by atomic mass is 9.93. The van der Waals surface area contributed by atoms with Crippen LogP contribution in [0.15, 0.2) is 11.8 Å². The SMILES string of the molecule is O=C1C/C(=C\c2cnn3c(NC4CC4)nc(N[C@H]4CC[C@H](O)CC4)nc23)C(=O)N1. The molecule has 0 radical (unpaired) electrons. The number of carbonyl (C=O) groups is 2. The highest BCUT2D eigenvalue weighted by molar-refractivity contribution is 6.15. The lowest BCUT2D eigenvalue weighted by Crippen LogP contribution is -2.29. The van der Waals surface area contributed by atoms with Gasteiger partial charge in [-0.2, -0.15) is 19.6 Å². The van der Waals surface area contributed by atoms with Crippen LogP contribution in [-0.2, 0) is 9.59 Å². The van der Waals surface area contributed by atoms with Crippen molar-refractivity contribution in [3.8, 4) is 0 Å². The van der Waals surface area contributed by atoms with Crippen LogP contribution in [0.2, 0.25) is 0 Å². The number of aliphatic hydroxyl groups excluding tert-OH is 1. The van der Waals surface area contributed by atoms with Crippen LogP contribution in [0, 0.1) is 0 Å². The molecule has 3 fully saturated rings. The van der Waals surface area contributed by atoms with Gasteiger partial charge in [-0.25, -0.2) is 0 Å². The summed E-state index contributed by atoms with van der Waals surface area (Å²) in [4.78, 5) is 32.7. The summed E-state index contributed by atoms with van der Waals surface area (Å²) in [7, 11) is 0. The number of nitrogens with one attached hydrogen (secondary N) is 3. The van der Waals surface area contributed by atoms with Gasteiger partial charge in [0.15, 0.2) is 5.65 Å². The van der Waals surface area contributed by atoms with Crippen molar-refractivity contribution in [2.75, 3.05) is 10.6 Å². The molecule has 2 saturated carbocycles. The highest BCUT2D eigenvalue weighted by atomic mass is 16.3. The smallest absolute Gasteiger partial charge is 0.254 e. The molecular weight excluding hydrogens is 374 g/mol. The minimum atomic E-state index is -0.376. The number of imide groups is 1. The summed E-state index contributed by atoms with van der Waals surface area (Å²) in [6, 6.07) is 0.590. The van der Waals surface area contributed by atoms with Crippen molar-refractivity contribution >= 4 is 35.4 Å². The predicted molar refractivity (Wildman–Crippen MR) is 105 cm³/mol. The fourth-order valence-corrected chi connectivity index (χ4v) is 3.78. The monoisotopic (exact) mass is 397 g/mol. The average molecular weight is 397 g/mol. The number of carbonyl (C=O) groups excluding carboxylic acids is 2. The highest BCUT2D eigenvalue weighted by Crippen LogP contribution is 2.27. The third-order valence-electron chi connectivity index (χ3n) is 5.56. The minimum absolute atomic E-state index is 0.0595. The third-order valence-corrected chi connectivity index (χ3v) is 5.56. The van der Waals surface area contributed by atoms with Gasteiger partial charge in [-0.1, -0.05) is 0 Å². The van der Waals surface area contributed by atoms with E-state index in [9.17, 15) is 14.7 Å². The second-order valence-electron chi connectivity index (χ2n) is 8.00.